The van der Waals surface area contributed by atoms with E-state index in [4.69, 9.17) is 10.1 Å². The van der Waals surface area contributed by atoms with Gasteiger partial charge in [0.1, 0.15) is 5.82 Å². The second-order valence-electron chi connectivity index (χ2n) is 8.45. The van der Waals surface area contributed by atoms with E-state index >= 15 is 0 Å². The van der Waals surface area contributed by atoms with Gasteiger partial charge in [0.2, 0.25) is 5.91 Å². The monoisotopic (exact) mass is 454 g/mol. The molecule has 2 aromatic carbocycles. The first-order valence-corrected chi connectivity index (χ1v) is 11.5. The Morgan fingerprint density at radius 1 is 1.00 bits per heavy atom. The van der Waals surface area contributed by atoms with Gasteiger partial charge in [0.15, 0.2) is 5.65 Å². The number of para-hydroxylation sites is 1. The number of hydrogen-bond donors (Lipinski definition) is 1. The largest absolute Gasteiger partial charge is 0.335 e. The van der Waals surface area contributed by atoms with E-state index in [-0.39, 0.29) is 18.0 Å². The number of H-pyrrole nitrogens is 1. The van der Waals surface area contributed by atoms with Gasteiger partial charge in [-0.25, -0.2) is 14.5 Å². The van der Waals surface area contributed by atoms with Gasteiger partial charge in [0.25, 0.3) is 5.56 Å². The van der Waals surface area contributed by atoms with Gasteiger partial charge >= 0.3 is 0 Å². The summed E-state index contributed by atoms with van der Waals surface area (Å²) >= 11 is 0. The van der Waals surface area contributed by atoms with Gasteiger partial charge < -0.3 is 9.88 Å². The number of amides is 1. The molecule has 0 aliphatic heterocycles. The molecule has 0 saturated heterocycles. The van der Waals surface area contributed by atoms with Crippen LogP contribution in [0, 0.1) is 13.8 Å². The van der Waals surface area contributed by atoms with Crippen molar-refractivity contribution in [3.8, 4) is 0 Å². The fourth-order valence-electron chi connectivity index (χ4n) is 4.50. The number of nitrogens with one attached hydrogen (secondary N) is 1. The normalized spacial score (nSPS) is 11.5. The maximum absolute atomic E-state index is 13.1. The Morgan fingerprint density at radius 2 is 1.71 bits per heavy atom. The molecule has 0 aliphatic rings. The molecule has 0 spiro atoms. The molecule has 0 bridgehead atoms. The van der Waals surface area contributed by atoms with E-state index in [2.05, 4.69) is 9.97 Å². The minimum Gasteiger partial charge on any atom is -0.335 e. The molecule has 0 saturated carbocycles. The first kappa shape index (κ1) is 21.8. The Hall–Kier alpha value is -4.07. The summed E-state index contributed by atoms with van der Waals surface area (Å²) in [5, 5.41) is 6.26. The predicted molar refractivity (Wildman–Crippen MR) is 132 cm³/mol. The first-order chi connectivity index (χ1) is 16.5. The molecule has 172 valence electrons. The highest BCUT2D eigenvalue weighted by atomic mass is 16.2. The summed E-state index contributed by atoms with van der Waals surface area (Å²) in [6.45, 7) is 6.71. The summed E-state index contributed by atoms with van der Waals surface area (Å²) < 4.78 is 1.87. The van der Waals surface area contributed by atoms with E-state index in [1.807, 2.05) is 61.7 Å². The number of aryl methyl sites for hydroxylation is 2. The van der Waals surface area contributed by atoms with E-state index in [0.717, 1.165) is 33.5 Å². The average molecular weight is 455 g/mol. The van der Waals surface area contributed by atoms with Gasteiger partial charge in [-0.3, -0.25) is 9.59 Å². The van der Waals surface area contributed by atoms with Crippen molar-refractivity contribution in [2.24, 2.45) is 0 Å². The summed E-state index contributed by atoms with van der Waals surface area (Å²) in [6.07, 6.45) is 0.898. The lowest BCUT2D eigenvalue weighted by Gasteiger charge is -2.21. The van der Waals surface area contributed by atoms with Crippen LogP contribution in [0.1, 0.15) is 36.1 Å². The highest BCUT2D eigenvalue weighted by molar-refractivity contribution is 5.92. The van der Waals surface area contributed by atoms with Gasteiger partial charge in [0.05, 0.1) is 23.0 Å². The third-order valence-electron chi connectivity index (χ3n) is 6.34. The summed E-state index contributed by atoms with van der Waals surface area (Å²) in [7, 11) is 0. The van der Waals surface area contributed by atoms with Crippen molar-refractivity contribution in [2.45, 2.75) is 40.2 Å². The molecule has 1 amide bonds. The molecule has 1 N–H and O–H groups in total. The molecule has 0 radical (unpaired) electrons. The number of rotatable bonds is 6. The SMILES string of the molecule is CCN(Cc1nc2ccccc2c(=O)[nH]1)C(=O)CCc1c(C)nc2c3ccccc3nn2c1C. The standard InChI is InChI=1S/C26H26N6O2/c1-4-31(15-23-28-21-11-7-6-10-20(21)26(34)29-23)24(33)14-13-18-16(2)27-25-19-9-5-8-12-22(19)30-32(25)17(18)3/h5-12H,4,13-15H2,1-3H3,(H,28,29,34). The zero-order chi connectivity index (χ0) is 23.8. The molecule has 0 aliphatic carbocycles. The second kappa shape index (κ2) is 8.70. The van der Waals surface area contributed by atoms with Gasteiger partial charge in [-0.1, -0.05) is 24.3 Å². The molecule has 5 rings (SSSR count). The van der Waals surface area contributed by atoms with E-state index in [1.165, 1.54) is 0 Å². The molecule has 0 atom stereocenters. The summed E-state index contributed by atoms with van der Waals surface area (Å²) in [5.41, 5.74) is 5.11. The van der Waals surface area contributed by atoms with Crippen LogP contribution in [0.4, 0.5) is 0 Å². The smallest absolute Gasteiger partial charge is 0.258 e. The van der Waals surface area contributed by atoms with Crippen LogP contribution in [0.5, 0.6) is 0 Å². The van der Waals surface area contributed by atoms with Crippen LogP contribution in [-0.2, 0) is 17.8 Å². The van der Waals surface area contributed by atoms with Crippen molar-refractivity contribution in [1.29, 1.82) is 0 Å². The lowest BCUT2D eigenvalue weighted by Crippen LogP contribution is -2.32. The van der Waals surface area contributed by atoms with Crippen molar-refractivity contribution in [3.05, 3.63) is 81.7 Å². The Morgan fingerprint density at radius 3 is 2.47 bits per heavy atom. The number of carbonyl (C=O) groups excluding carboxylic acids is 1. The van der Waals surface area contributed by atoms with Crippen molar-refractivity contribution >= 4 is 33.4 Å². The van der Waals surface area contributed by atoms with Crippen molar-refractivity contribution in [3.63, 3.8) is 0 Å². The molecule has 34 heavy (non-hydrogen) atoms. The summed E-state index contributed by atoms with van der Waals surface area (Å²) in [6, 6.07) is 15.2. The van der Waals surface area contributed by atoms with Gasteiger partial charge in [0, 0.05) is 29.7 Å². The quantitative estimate of drug-likeness (QED) is 0.422. The zero-order valence-corrected chi connectivity index (χ0v) is 19.5. The minimum atomic E-state index is -0.193. The lowest BCUT2D eigenvalue weighted by molar-refractivity contribution is -0.131. The summed E-state index contributed by atoms with van der Waals surface area (Å²) in [5.74, 6) is 0.486. The molecule has 3 aromatic heterocycles. The third kappa shape index (κ3) is 3.81. The van der Waals surface area contributed by atoms with Crippen LogP contribution in [0.3, 0.4) is 0 Å². The van der Waals surface area contributed by atoms with Crippen LogP contribution in [-0.4, -0.2) is 41.9 Å². The Balaban J connectivity index is 1.36. The van der Waals surface area contributed by atoms with Crippen molar-refractivity contribution in [2.75, 3.05) is 6.54 Å². The van der Waals surface area contributed by atoms with Crippen molar-refractivity contribution < 1.29 is 4.79 Å². The number of benzene rings is 2. The Labute approximate surface area is 196 Å². The fourth-order valence-corrected chi connectivity index (χ4v) is 4.50. The number of nitrogens with zero attached hydrogens (tertiary/aromatic N) is 5. The molecule has 0 unspecified atom stereocenters. The van der Waals surface area contributed by atoms with Crippen LogP contribution in [0.15, 0.2) is 53.3 Å². The Kier molecular flexibility index (Phi) is 5.57. The van der Waals surface area contributed by atoms with Crippen LogP contribution in [0.2, 0.25) is 0 Å². The predicted octanol–water partition coefficient (Wildman–Crippen LogP) is 3.72. The molecule has 5 aromatic rings. The van der Waals surface area contributed by atoms with Gasteiger partial charge in [-0.15, -0.1) is 0 Å². The van der Waals surface area contributed by atoms with E-state index in [9.17, 15) is 9.59 Å². The summed E-state index contributed by atoms with van der Waals surface area (Å²) in [4.78, 5) is 39.3. The molecule has 8 nitrogen and oxygen atoms in total. The van der Waals surface area contributed by atoms with Crippen molar-refractivity contribution in [1.82, 2.24) is 29.5 Å². The van der Waals surface area contributed by atoms with Crippen LogP contribution in [0.25, 0.3) is 27.5 Å². The molecular formula is C26H26N6O2. The minimum absolute atomic E-state index is 0.00262. The van der Waals surface area contributed by atoms with Gasteiger partial charge in [-0.2, -0.15) is 5.10 Å². The van der Waals surface area contributed by atoms with Crippen LogP contribution < -0.4 is 5.56 Å². The topological polar surface area (TPSA) is 96.2 Å². The van der Waals surface area contributed by atoms with E-state index in [0.29, 0.717) is 36.1 Å². The average Bonchev–Trinajstić information content (AvgIpc) is 3.21. The zero-order valence-electron chi connectivity index (χ0n) is 19.5. The van der Waals surface area contributed by atoms with Crippen LogP contribution >= 0.6 is 0 Å². The maximum atomic E-state index is 13.1. The first-order valence-electron chi connectivity index (χ1n) is 11.5. The number of aromatic nitrogens is 5. The fraction of sp³-hybridized carbons (Fsp3) is 0.269. The molecule has 0 fully saturated rings. The molecular weight excluding hydrogens is 428 g/mol. The molecule has 3 heterocycles. The van der Waals surface area contributed by atoms with E-state index < -0.39 is 0 Å². The number of hydrogen-bond acceptors (Lipinski definition) is 5. The number of fused-ring (bicyclic) bond motifs is 4. The maximum Gasteiger partial charge on any atom is 0.258 e. The second-order valence-corrected chi connectivity index (χ2v) is 8.45. The van der Waals surface area contributed by atoms with E-state index in [1.54, 1.807) is 17.0 Å². The third-order valence-corrected chi connectivity index (χ3v) is 6.34. The molecule has 8 heteroatoms. The van der Waals surface area contributed by atoms with Gasteiger partial charge in [-0.05, 0) is 57.0 Å². The lowest BCUT2D eigenvalue weighted by atomic mass is 10.1. The number of carbonyl (C=O) groups is 1. The highest BCUT2D eigenvalue weighted by Gasteiger charge is 2.18. The highest BCUT2D eigenvalue weighted by Crippen LogP contribution is 2.23. The number of aromatic amines is 1. The Bertz CT molecular complexity index is 1600.